The van der Waals surface area contributed by atoms with Crippen LogP contribution < -0.4 is 0 Å². The van der Waals surface area contributed by atoms with Gasteiger partial charge in [-0.25, -0.2) is 0 Å². The SMILES string of the molecule is CN(C)C(=O)c1ccc(Cc2cnn(S(=O)(=O)c3ccc(C(F)(F)F)cc3)c2)c(C#N)c1. The van der Waals surface area contributed by atoms with E-state index in [9.17, 15) is 31.6 Å². The number of benzene rings is 2. The molecule has 1 heterocycles. The topological polar surface area (TPSA) is 96.1 Å². The number of nitrogens with zero attached hydrogens (tertiary/aromatic N) is 4. The number of alkyl halides is 3. The van der Waals surface area contributed by atoms with E-state index in [2.05, 4.69) is 5.10 Å². The van der Waals surface area contributed by atoms with Gasteiger partial charge in [0.2, 0.25) is 0 Å². The highest BCUT2D eigenvalue weighted by Crippen LogP contribution is 2.30. The van der Waals surface area contributed by atoms with Crippen LogP contribution in [0.15, 0.2) is 59.8 Å². The van der Waals surface area contributed by atoms with Crippen LogP contribution in [0, 0.1) is 11.3 Å². The van der Waals surface area contributed by atoms with E-state index in [1.165, 1.54) is 23.4 Å². The van der Waals surface area contributed by atoms with Crippen LogP contribution in [0.4, 0.5) is 13.2 Å². The third kappa shape index (κ3) is 4.65. The molecule has 1 amide bonds. The largest absolute Gasteiger partial charge is 0.416 e. The van der Waals surface area contributed by atoms with Gasteiger partial charge in [0.1, 0.15) is 0 Å². The van der Waals surface area contributed by atoms with Crippen LogP contribution >= 0.6 is 0 Å². The smallest absolute Gasteiger partial charge is 0.345 e. The van der Waals surface area contributed by atoms with E-state index in [0.29, 0.717) is 32.9 Å². The van der Waals surface area contributed by atoms with E-state index in [4.69, 9.17) is 0 Å². The van der Waals surface area contributed by atoms with Gasteiger partial charge in [-0.05, 0) is 47.5 Å². The van der Waals surface area contributed by atoms with Crippen molar-refractivity contribution in [1.82, 2.24) is 14.1 Å². The molecule has 3 aromatic rings. The number of aromatic nitrogens is 2. The predicted octanol–water partition coefficient (Wildman–Crippen LogP) is 3.30. The fourth-order valence-electron chi connectivity index (χ4n) is 2.93. The second-order valence-electron chi connectivity index (χ2n) is 7.11. The van der Waals surface area contributed by atoms with Gasteiger partial charge in [-0.3, -0.25) is 4.79 Å². The lowest BCUT2D eigenvalue weighted by Crippen LogP contribution is -2.21. The molecule has 0 saturated carbocycles. The monoisotopic (exact) mass is 462 g/mol. The minimum atomic E-state index is -4.58. The summed E-state index contributed by atoms with van der Waals surface area (Å²) in [6.07, 6.45) is -1.89. The standard InChI is InChI=1S/C21H17F3N4O3S/c1-27(2)20(29)16-4-3-15(17(10-16)11-25)9-14-12-26-28(13-14)32(30,31)19-7-5-18(6-8-19)21(22,23)24/h3-8,10,12-13H,9H2,1-2H3. The van der Waals surface area contributed by atoms with Crippen molar-refractivity contribution >= 4 is 15.9 Å². The van der Waals surface area contributed by atoms with Gasteiger partial charge in [0.25, 0.3) is 15.9 Å². The molecule has 0 fully saturated rings. The molecule has 0 N–H and O–H groups in total. The Labute approximate surface area is 182 Å². The first-order chi connectivity index (χ1) is 14.9. The zero-order valence-corrected chi connectivity index (χ0v) is 17.8. The van der Waals surface area contributed by atoms with Crippen LogP contribution in [0.5, 0.6) is 0 Å². The number of amides is 1. The second-order valence-corrected chi connectivity index (χ2v) is 8.90. The summed E-state index contributed by atoms with van der Waals surface area (Å²) in [5, 5.41) is 13.3. The van der Waals surface area contributed by atoms with Gasteiger partial charge in [0.05, 0.1) is 28.3 Å². The maximum atomic E-state index is 12.7. The molecular weight excluding hydrogens is 445 g/mol. The first kappa shape index (κ1) is 23.0. The molecule has 1 aromatic heterocycles. The molecule has 0 spiro atoms. The first-order valence-electron chi connectivity index (χ1n) is 9.14. The highest BCUT2D eigenvalue weighted by Gasteiger charge is 2.31. The molecule has 0 atom stereocenters. The number of hydrogen-bond acceptors (Lipinski definition) is 5. The van der Waals surface area contributed by atoms with E-state index in [-0.39, 0.29) is 22.8 Å². The summed E-state index contributed by atoms with van der Waals surface area (Å²) in [6.45, 7) is 0. The van der Waals surface area contributed by atoms with E-state index < -0.39 is 21.8 Å². The van der Waals surface area contributed by atoms with Gasteiger partial charge < -0.3 is 4.90 Å². The molecule has 0 aliphatic rings. The molecule has 7 nitrogen and oxygen atoms in total. The Hall–Kier alpha value is -3.65. The Morgan fingerprint density at radius 2 is 1.81 bits per heavy atom. The molecule has 0 unspecified atom stereocenters. The number of halogens is 3. The lowest BCUT2D eigenvalue weighted by molar-refractivity contribution is -0.137. The summed E-state index contributed by atoms with van der Waals surface area (Å²) in [5.74, 6) is -0.261. The minimum Gasteiger partial charge on any atom is -0.345 e. The van der Waals surface area contributed by atoms with Gasteiger partial charge in [-0.1, -0.05) is 6.07 Å². The highest BCUT2D eigenvalue weighted by atomic mass is 32.2. The lowest BCUT2D eigenvalue weighted by Gasteiger charge is -2.11. The fourth-order valence-corrected chi connectivity index (χ4v) is 4.07. The maximum Gasteiger partial charge on any atom is 0.416 e. The minimum absolute atomic E-state index is 0.169. The maximum absolute atomic E-state index is 12.7. The second kappa shape index (κ2) is 8.47. The molecule has 0 aliphatic carbocycles. The number of carbonyl (C=O) groups is 1. The van der Waals surface area contributed by atoms with Gasteiger partial charge >= 0.3 is 6.18 Å². The van der Waals surface area contributed by atoms with Crippen molar-refractivity contribution in [3.8, 4) is 6.07 Å². The van der Waals surface area contributed by atoms with E-state index in [1.807, 2.05) is 6.07 Å². The van der Waals surface area contributed by atoms with Crippen LogP contribution in [0.25, 0.3) is 0 Å². The summed E-state index contributed by atoms with van der Waals surface area (Å²) in [5.41, 5.74) is 0.669. The van der Waals surface area contributed by atoms with Gasteiger partial charge in [-0.15, -0.1) is 0 Å². The normalized spacial score (nSPS) is 11.8. The van der Waals surface area contributed by atoms with Crippen molar-refractivity contribution in [2.75, 3.05) is 14.1 Å². The van der Waals surface area contributed by atoms with Crippen LogP contribution in [-0.4, -0.2) is 42.5 Å². The fraction of sp³-hybridized carbons (Fsp3) is 0.190. The van der Waals surface area contributed by atoms with Gasteiger partial charge in [-0.2, -0.15) is 36.0 Å². The molecule has 0 aliphatic heterocycles. The lowest BCUT2D eigenvalue weighted by atomic mass is 9.99. The molecule has 0 radical (unpaired) electrons. The summed E-state index contributed by atoms with van der Waals surface area (Å²) in [6, 6.07) is 9.77. The predicted molar refractivity (Wildman–Crippen MR) is 108 cm³/mol. The van der Waals surface area contributed by atoms with Crippen LogP contribution in [0.2, 0.25) is 0 Å². The van der Waals surface area contributed by atoms with Crippen molar-refractivity contribution in [3.05, 3.63) is 82.7 Å². The average molecular weight is 462 g/mol. The van der Waals surface area contributed by atoms with Crippen molar-refractivity contribution in [2.24, 2.45) is 0 Å². The Kier molecular flexibility index (Phi) is 6.09. The summed E-state index contributed by atoms with van der Waals surface area (Å²) < 4.78 is 64.2. The molecule has 166 valence electrons. The molecule has 11 heteroatoms. The van der Waals surface area contributed by atoms with E-state index >= 15 is 0 Å². The van der Waals surface area contributed by atoms with Gasteiger partial charge in [0.15, 0.2) is 0 Å². The Balaban J connectivity index is 1.86. The Morgan fingerprint density at radius 1 is 1.16 bits per heavy atom. The zero-order chi connectivity index (χ0) is 23.7. The number of hydrogen-bond donors (Lipinski definition) is 0. The highest BCUT2D eigenvalue weighted by molar-refractivity contribution is 7.89. The van der Waals surface area contributed by atoms with Crippen molar-refractivity contribution in [1.29, 1.82) is 5.26 Å². The molecule has 3 rings (SSSR count). The van der Waals surface area contributed by atoms with E-state index in [0.717, 1.165) is 12.1 Å². The van der Waals surface area contributed by atoms with Crippen LogP contribution in [-0.2, 0) is 22.6 Å². The molecular formula is C21H17F3N4O3S. The Bertz CT molecular complexity index is 1310. The number of nitriles is 1. The van der Waals surface area contributed by atoms with Gasteiger partial charge in [0, 0.05) is 32.3 Å². The first-order valence-corrected chi connectivity index (χ1v) is 10.6. The van der Waals surface area contributed by atoms with E-state index in [1.54, 1.807) is 26.2 Å². The zero-order valence-electron chi connectivity index (χ0n) is 17.0. The van der Waals surface area contributed by atoms with Crippen LogP contribution in [0.3, 0.4) is 0 Å². The molecule has 0 saturated heterocycles. The third-order valence-electron chi connectivity index (χ3n) is 4.62. The van der Waals surface area contributed by atoms with Crippen molar-refractivity contribution < 1.29 is 26.4 Å². The summed E-state index contributed by atoms with van der Waals surface area (Å²) >= 11 is 0. The molecule has 2 aromatic carbocycles. The quantitative estimate of drug-likeness (QED) is 0.580. The van der Waals surface area contributed by atoms with Crippen molar-refractivity contribution in [3.63, 3.8) is 0 Å². The molecule has 32 heavy (non-hydrogen) atoms. The van der Waals surface area contributed by atoms with Crippen LogP contribution in [0.1, 0.15) is 32.6 Å². The average Bonchev–Trinajstić information content (AvgIpc) is 3.22. The van der Waals surface area contributed by atoms with Crippen molar-refractivity contribution in [2.45, 2.75) is 17.5 Å². The summed E-state index contributed by atoms with van der Waals surface area (Å²) in [4.78, 5) is 13.1. The number of carbonyl (C=O) groups excluding carboxylic acids is 1. The Morgan fingerprint density at radius 3 is 2.38 bits per heavy atom. The number of rotatable bonds is 5. The molecule has 0 bridgehead atoms. The third-order valence-corrected chi connectivity index (χ3v) is 6.18. The summed E-state index contributed by atoms with van der Waals surface area (Å²) in [7, 11) is -1.01.